The summed E-state index contributed by atoms with van der Waals surface area (Å²) in [5, 5.41) is 7.26. The molecule has 0 amide bonds. The van der Waals surface area contributed by atoms with E-state index in [-0.39, 0.29) is 0 Å². The largest absolute Gasteiger partial charge is 0.361 e. The molecule has 0 radical (unpaired) electrons. The van der Waals surface area contributed by atoms with E-state index in [9.17, 15) is 0 Å². The zero-order chi connectivity index (χ0) is 15.5. The zero-order valence-corrected chi connectivity index (χ0v) is 14.1. The number of nitrogens with zero attached hydrogens (tertiary/aromatic N) is 1. The van der Waals surface area contributed by atoms with Crippen molar-refractivity contribution in [2.45, 2.75) is 13.0 Å². The van der Waals surface area contributed by atoms with E-state index in [1.54, 1.807) is 0 Å². The minimum Gasteiger partial charge on any atom is -0.361 e. The van der Waals surface area contributed by atoms with Gasteiger partial charge in [0, 0.05) is 13.1 Å². The van der Waals surface area contributed by atoms with Gasteiger partial charge in [0.2, 0.25) is 0 Å². The van der Waals surface area contributed by atoms with E-state index in [0.29, 0.717) is 16.8 Å². The highest BCUT2D eigenvalue weighted by atomic mass is 32.1. The number of nitrogens with one attached hydrogen (secondary N) is 4. The average Bonchev–Trinajstić information content (AvgIpc) is 2.48. The van der Waals surface area contributed by atoms with Gasteiger partial charge in [-0.3, -0.25) is 10.9 Å². The van der Waals surface area contributed by atoms with Gasteiger partial charge in [-0.15, -0.1) is 0 Å². The van der Waals surface area contributed by atoms with E-state index >= 15 is 0 Å². The molecule has 0 aliphatic heterocycles. The maximum atomic E-state index is 5.16. The van der Waals surface area contributed by atoms with Crippen molar-refractivity contribution in [1.82, 2.24) is 26.4 Å². The zero-order valence-electron chi connectivity index (χ0n) is 12.5. The van der Waals surface area contributed by atoms with Gasteiger partial charge in [-0.2, -0.15) is 0 Å². The van der Waals surface area contributed by atoms with Crippen LogP contribution in [0.5, 0.6) is 0 Å². The molecule has 0 saturated carbocycles. The lowest BCUT2D eigenvalue weighted by Crippen LogP contribution is -2.50. The first kappa shape index (κ1) is 17.6. The van der Waals surface area contributed by atoms with Crippen LogP contribution in [0.25, 0.3) is 0 Å². The molecule has 5 nitrogen and oxygen atoms in total. The van der Waals surface area contributed by atoms with Crippen molar-refractivity contribution in [2.24, 2.45) is 0 Å². The van der Waals surface area contributed by atoms with Gasteiger partial charge in [0.15, 0.2) is 10.2 Å². The summed E-state index contributed by atoms with van der Waals surface area (Å²) in [6.07, 6.45) is 1.03. The summed E-state index contributed by atoms with van der Waals surface area (Å²) in [5.74, 6) is 0. The Morgan fingerprint density at radius 2 is 1.62 bits per heavy atom. The normalized spacial score (nSPS) is 10.0. The van der Waals surface area contributed by atoms with Gasteiger partial charge in [-0.25, -0.2) is 0 Å². The number of rotatable bonds is 6. The van der Waals surface area contributed by atoms with Crippen LogP contribution in [0.15, 0.2) is 30.3 Å². The first-order valence-electron chi connectivity index (χ1n) is 6.84. The Labute approximate surface area is 137 Å². The third-order valence-corrected chi connectivity index (χ3v) is 3.15. The number of hydrogen-bond acceptors (Lipinski definition) is 3. The van der Waals surface area contributed by atoms with Gasteiger partial charge in [-0.1, -0.05) is 30.3 Å². The fraction of sp³-hybridized carbons (Fsp3) is 0.429. The topological polar surface area (TPSA) is 51.4 Å². The lowest BCUT2D eigenvalue weighted by atomic mass is 10.2. The van der Waals surface area contributed by atoms with Crippen molar-refractivity contribution < 1.29 is 0 Å². The highest BCUT2D eigenvalue weighted by Gasteiger charge is 1.98. The number of hydrazine groups is 1. The summed E-state index contributed by atoms with van der Waals surface area (Å²) in [7, 11) is 4.10. The van der Waals surface area contributed by atoms with Crippen LogP contribution in [0.2, 0.25) is 0 Å². The SMILES string of the molecule is CN(C)CCCNC(=S)NNC(=S)NCc1ccccc1. The highest BCUT2D eigenvalue weighted by molar-refractivity contribution is 7.80. The van der Waals surface area contributed by atoms with Gasteiger partial charge < -0.3 is 15.5 Å². The molecular formula is C14H23N5S2. The lowest BCUT2D eigenvalue weighted by molar-refractivity contribution is 0.400. The summed E-state index contributed by atoms with van der Waals surface area (Å²) in [5.41, 5.74) is 6.89. The Kier molecular flexibility index (Phi) is 8.65. The summed E-state index contributed by atoms with van der Waals surface area (Å²) < 4.78 is 0. The standard InChI is InChI=1S/C14H23N5S2/c1-19(2)10-6-9-15-13(20)17-18-14(21)16-11-12-7-4-3-5-8-12/h3-5,7-8H,6,9-11H2,1-2H3,(H2,15,17,20)(H2,16,18,21). The fourth-order valence-corrected chi connectivity index (χ4v) is 1.85. The van der Waals surface area contributed by atoms with Crippen molar-refractivity contribution in [2.75, 3.05) is 27.2 Å². The molecule has 21 heavy (non-hydrogen) atoms. The molecule has 1 aromatic carbocycles. The Hall–Kier alpha value is -1.44. The van der Waals surface area contributed by atoms with Crippen LogP contribution in [0.4, 0.5) is 0 Å². The molecular weight excluding hydrogens is 302 g/mol. The fourth-order valence-electron chi connectivity index (χ4n) is 1.58. The van der Waals surface area contributed by atoms with E-state index in [1.165, 1.54) is 5.56 Å². The maximum absolute atomic E-state index is 5.16. The third-order valence-electron chi connectivity index (χ3n) is 2.65. The first-order valence-corrected chi connectivity index (χ1v) is 7.66. The quantitative estimate of drug-likeness (QED) is 0.353. The molecule has 0 spiro atoms. The van der Waals surface area contributed by atoms with E-state index in [4.69, 9.17) is 24.4 Å². The van der Waals surface area contributed by atoms with Crippen LogP contribution >= 0.6 is 24.4 Å². The molecule has 0 heterocycles. The van der Waals surface area contributed by atoms with Gasteiger partial charge >= 0.3 is 0 Å². The summed E-state index contributed by atoms with van der Waals surface area (Å²) in [6, 6.07) is 10.1. The van der Waals surface area contributed by atoms with Crippen LogP contribution in [-0.4, -0.2) is 42.3 Å². The molecule has 4 N–H and O–H groups in total. The Balaban J connectivity index is 2.08. The predicted octanol–water partition coefficient (Wildman–Crippen LogP) is 0.982. The Bertz CT molecular complexity index is 436. The smallest absolute Gasteiger partial charge is 0.185 e. The van der Waals surface area contributed by atoms with Crippen LogP contribution in [-0.2, 0) is 6.54 Å². The van der Waals surface area contributed by atoms with Crippen molar-refractivity contribution >= 4 is 34.7 Å². The van der Waals surface area contributed by atoms with E-state index < -0.39 is 0 Å². The molecule has 1 aromatic rings. The molecule has 0 aliphatic rings. The monoisotopic (exact) mass is 325 g/mol. The second kappa shape index (κ2) is 10.3. The second-order valence-corrected chi connectivity index (χ2v) is 5.65. The molecule has 0 unspecified atom stereocenters. The molecule has 0 aliphatic carbocycles. The van der Waals surface area contributed by atoms with Crippen LogP contribution in [0.3, 0.4) is 0 Å². The molecule has 0 fully saturated rings. The number of benzene rings is 1. The van der Waals surface area contributed by atoms with E-state index in [0.717, 1.165) is 19.5 Å². The molecule has 0 saturated heterocycles. The maximum Gasteiger partial charge on any atom is 0.185 e. The second-order valence-electron chi connectivity index (χ2n) is 4.83. The summed E-state index contributed by atoms with van der Waals surface area (Å²) in [4.78, 5) is 2.14. The van der Waals surface area contributed by atoms with Crippen molar-refractivity contribution in [3.8, 4) is 0 Å². The van der Waals surface area contributed by atoms with Crippen LogP contribution in [0.1, 0.15) is 12.0 Å². The molecule has 0 aromatic heterocycles. The van der Waals surface area contributed by atoms with Crippen molar-refractivity contribution in [3.63, 3.8) is 0 Å². The third kappa shape index (κ3) is 9.17. The minimum absolute atomic E-state index is 0.510. The molecule has 0 atom stereocenters. The van der Waals surface area contributed by atoms with E-state index in [2.05, 4.69) is 40.5 Å². The van der Waals surface area contributed by atoms with Gasteiger partial charge in [0.05, 0.1) is 0 Å². The van der Waals surface area contributed by atoms with Gasteiger partial charge in [0.25, 0.3) is 0 Å². The molecule has 1 rings (SSSR count). The average molecular weight is 326 g/mol. The van der Waals surface area contributed by atoms with Gasteiger partial charge in [0.1, 0.15) is 0 Å². The Morgan fingerprint density at radius 1 is 1.00 bits per heavy atom. The molecule has 7 heteroatoms. The van der Waals surface area contributed by atoms with Crippen LogP contribution in [0, 0.1) is 0 Å². The Morgan fingerprint density at radius 3 is 2.24 bits per heavy atom. The highest BCUT2D eigenvalue weighted by Crippen LogP contribution is 1.96. The van der Waals surface area contributed by atoms with E-state index in [1.807, 2.05) is 30.3 Å². The predicted molar refractivity (Wildman–Crippen MR) is 95.9 cm³/mol. The summed E-state index contributed by atoms with van der Waals surface area (Å²) >= 11 is 10.3. The van der Waals surface area contributed by atoms with Crippen LogP contribution < -0.4 is 21.5 Å². The van der Waals surface area contributed by atoms with Crippen molar-refractivity contribution in [1.29, 1.82) is 0 Å². The molecule has 0 bridgehead atoms. The summed E-state index contributed by atoms with van der Waals surface area (Å²) in [6.45, 7) is 2.54. The number of hydrogen-bond donors (Lipinski definition) is 4. The van der Waals surface area contributed by atoms with Gasteiger partial charge in [-0.05, 0) is 57.1 Å². The van der Waals surface area contributed by atoms with Crippen molar-refractivity contribution in [3.05, 3.63) is 35.9 Å². The first-order chi connectivity index (χ1) is 10.1. The number of thiocarbonyl (C=S) groups is 2. The minimum atomic E-state index is 0.510. The lowest BCUT2D eigenvalue weighted by Gasteiger charge is -2.15. The molecule has 116 valence electrons.